The SMILES string of the molecule is Cc1n[nH]c(C)c1C#N. The van der Waals surface area contributed by atoms with Crippen molar-refractivity contribution in [1.82, 2.24) is 10.2 Å². The van der Waals surface area contributed by atoms with E-state index in [0.29, 0.717) is 5.56 Å². The number of aromatic amines is 1. The van der Waals surface area contributed by atoms with Crippen LogP contribution in [0.3, 0.4) is 0 Å². The van der Waals surface area contributed by atoms with E-state index < -0.39 is 0 Å². The van der Waals surface area contributed by atoms with Crippen LogP contribution in [0.2, 0.25) is 0 Å². The van der Waals surface area contributed by atoms with Crippen molar-refractivity contribution in [2.75, 3.05) is 0 Å². The van der Waals surface area contributed by atoms with Gasteiger partial charge >= 0.3 is 0 Å². The Morgan fingerprint density at radius 2 is 2.22 bits per heavy atom. The zero-order chi connectivity index (χ0) is 6.85. The molecule has 0 saturated heterocycles. The summed E-state index contributed by atoms with van der Waals surface area (Å²) in [5, 5.41) is 15.0. The normalized spacial score (nSPS) is 9.00. The molecule has 3 heteroatoms. The van der Waals surface area contributed by atoms with E-state index in [1.807, 2.05) is 19.9 Å². The average Bonchev–Trinajstić information content (AvgIpc) is 2.12. The van der Waals surface area contributed by atoms with E-state index in [1.165, 1.54) is 0 Å². The molecule has 3 nitrogen and oxygen atoms in total. The molecule has 0 aliphatic carbocycles. The quantitative estimate of drug-likeness (QED) is 0.554. The van der Waals surface area contributed by atoms with Gasteiger partial charge in [0.15, 0.2) is 0 Å². The molecule has 1 rings (SSSR count). The largest absolute Gasteiger partial charge is 0.281 e. The van der Waals surface area contributed by atoms with Crippen molar-refractivity contribution in [3.05, 3.63) is 17.0 Å². The number of nitriles is 1. The van der Waals surface area contributed by atoms with Gasteiger partial charge in [-0.3, -0.25) is 5.10 Å². The second-order valence-corrected chi connectivity index (χ2v) is 1.92. The molecule has 0 bridgehead atoms. The molecule has 1 aromatic rings. The molecule has 9 heavy (non-hydrogen) atoms. The van der Waals surface area contributed by atoms with E-state index >= 15 is 0 Å². The summed E-state index contributed by atoms with van der Waals surface area (Å²) in [6.45, 7) is 3.64. The van der Waals surface area contributed by atoms with Crippen LogP contribution in [0.5, 0.6) is 0 Å². The zero-order valence-corrected chi connectivity index (χ0v) is 5.39. The monoisotopic (exact) mass is 121 g/mol. The van der Waals surface area contributed by atoms with Gasteiger partial charge in [-0.2, -0.15) is 10.4 Å². The molecular weight excluding hydrogens is 114 g/mol. The first-order valence-electron chi connectivity index (χ1n) is 2.67. The summed E-state index contributed by atoms with van der Waals surface area (Å²) in [6.07, 6.45) is 0. The fraction of sp³-hybridized carbons (Fsp3) is 0.333. The Labute approximate surface area is 53.3 Å². The first-order chi connectivity index (χ1) is 4.25. The summed E-state index contributed by atoms with van der Waals surface area (Å²) in [7, 11) is 0. The van der Waals surface area contributed by atoms with Gasteiger partial charge in [-0.15, -0.1) is 0 Å². The third-order valence-corrected chi connectivity index (χ3v) is 1.24. The zero-order valence-electron chi connectivity index (χ0n) is 5.39. The summed E-state index contributed by atoms with van der Waals surface area (Å²) in [6, 6.07) is 2.05. The maximum absolute atomic E-state index is 8.48. The summed E-state index contributed by atoms with van der Waals surface area (Å²) in [4.78, 5) is 0. The maximum atomic E-state index is 8.48. The summed E-state index contributed by atoms with van der Waals surface area (Å²) in [5.74, 6) is 0. The fourth-order valence-electron chi connectivity index (χ4n) is 0.716. The molecule has 0 unspecified atom stereocenters. The Morgan fingerprint density at radius 1 is 1.56 bits per heavy atom. The lowest BCUT2D eigenvalue weighted by Crippen LogP contribution is -1.76. The molecule has 1 aromatic heterocycles. The Kier molecular flexibility index (Phi) is 1.23. The highest BCUT2D eigenvalue weighted by atomic mass is 15.1. The lowest BCUT2D eigenvalue weighted by atomic mass is 10.2. The van der Waals surface area contributed by atoms with Crippen LogP contribution < -0.4 is 0 Å². The second kappa shape index (κ2) is 1.90. The van der Waals surface area contributed by atoms with Gasteiger partial charge in [-0.25, -0.2) is 0 Å². The van der Waals surface area contributed by atoms with Crippen LogP contribution >= 0.6 is 0 Å². The van der Waals surface area contributed by atoms with E-state index in [9.17, 15) is 0 Å². The van der Waals surface area contributed by atoms with Crippen LogP contribution in [0.4, 0.5) is 0 Å². The summed E-state index contributed by atoms with van der Waals surface area (Å²) >= 11 is 0. The fourth-order valence-corrected chi connectivity index (χ4v) is 0.716. The van der Waals surface area contributed by atoms with Gasteiger partial charge in [0.2, 0.25) is 0 Å². The first-order valence-corrected chi connectivity index (χ1v) is 2.67. The Balaban J connectivity index is 3.27. The van der Waals surface area contributed by atoms with Crippen molar-refractivity contribution in [3.63, 3.8) is 0 Å². The summed E-state index contributed by atoms with van der Waals surface area (Å²) in [5.41, 5.74) is 2.28. The Hall–Kier alpha value is -1.30. The molecule has 46 valence electrons. The van der Waals surface area contributed by atoms with Gasteiger partial charge in [0.25, 0.3) is 0 Å². The van der Waals surface area contributed by atoms with Crippen molar-refractivity contribution in [2.45, 2.75) is 13.8 Å². The number of hydrogen-bond acceptors (Lipinski definition) is 2. The molecule has 1 heterocycles. The minimum absolute atomic E-state index is 0.662. The van der Waals surface area contributed by atoms with E-state index in [4.69, 9.17) is 5.26 Å². The van der Waals surface area contributed by atoms with Crippen molar-refractivity contribution in [1.29, 1.82) is 5.26 Å². The summed E-state index contributed by atoms with van der Waals surface area (Å²) < 4.78 is 0. The van der Waals surface area contributed by atoms with E-state index in [-0.39, 0.29) is 0 Å². The molecule has 0 radical (unpaired) electrons. The number of aryl methyl sites for hydroxylation is 2. The topological polar surface area (TPSA) is 52.5 Å². The Morgan fingerprint density at radius 3 is 2.44 bits per heavy atom. The van der Waals surface area contributed by atoms with Crippen LogP contribution in [0.1, 0.15) is 17.0 Å². The molecule has 0 aliphatic rings. The van der Waals surface area contributed by atoms with E-state index in [0.717, 1.165) is 11.4 Å². The highest BCUT2D eigenvalue weighted by molar-refractivity contribution is 5.35. The molecule has 0 fully saturated rings. The van der Waals surface area contributed by atoms with Gasteiger partial charge in [0, 0.05) is 0 Å². The molecule has 0 atom stereocenters. The van der Waals surface area contributed by atoms with Crippen molar-refractivity contribution in [2.24, 2.45) is 0 Å². The van der Waals surface area contributed by atoms with Crippen LogP contribution in [0.15, 0.2) is 0 Å². The van der Waals surface area contributed by atoms with Crippen molar-refractivity contribution >= 4 is 0 Å². The van der Waals surface area contributed by atoms with Gasteiger partial charge < -0.3 is 0 Å². The lowest BCUT2D eigenvalue weighted by Gasteiger charge is -1.80. The smallest absolute Gasteiger partial charge is 0.103 e. The maximum Gasteiger partial charge on any atom is 0.103 e. The number of aromatic nitrogens is 2. The van der Waals surface area contributed by atoms with Gasteiger partial charge in [-0.05, 0) is 13.8 Å². The van der Waals surface area contributed by atoms with Gasteiger partial charge in [0.1, 0.15) is 6.07 Å². The van der Waals surface area contributed by atoms with Crippen LogP contribution in [0, 0.1) is 25.2 Å². The standard InChI is InChI=1S/C6H7N3/c1-4-6(3-7)5(2)9-8-4/h1-2H3,(H,8,9). The minimum atomic E-state index is 0.662. The molecule has 0 amide bonds. The van der Waals surface area contributed by atoms with Gasteiger partial charge in [0.05, 0.1) is 17.0 Å². The van der Waals surface area contributed by atoms with E-state index in [1.54, 1.807) is 0 Å². The van der Waals surface area contributed by atoms with Crippen LogP contribution in [0.25, 0.3) is 0 Å². The van der Waals surface area contributed by atoms with E-state index in [2.05, 4.69) is 10.2 Å². The number of H-pyrrole nitrogens is 1. The van der Waals surface area contributed by atoms with Crippen LogP contribution in [-0.2, 0) is 0 Å². The third kappa shape index (κ3) is 0.789. The molecule has 1 N–H and O–H groups in total. The predicted octanol–water partition coefficient (Wildman–Crippen LogP) is 0.898. The number of nitrogens with zero attached hydrogens (tertiary/aromatic N) is 2. The molecule has 0 aliphatic heterocycles. The number of hydrogen-bond donors (Lipinski definition) is 1. The predicted molar refractivity (Wildman–Crippen MR) is 32.8 cm³/mol. The lowest BCUT2D eigenvalue weighted by molar-refractivity contribution is 1.02. The molecular formula is C6H7N3. The minimum Gasteiger partial charge on any atom is -0.281 e. The first kappa shape index (κ1) is 5.83. The van der Waals surface area contributed by atoms with Crippen LogP contribution in [-0.4, -0.2) is 10.2 Å². The molecule has 0 aromatic carbocycles. The average molecular weight is 121 g/mol. The third-order valence-electron chi connectivity index (χ3n) is 1.24. The molecule has 0 spiro atoms. The highest BCUT2D eigenvalue weighted by Gasteiger charge is 2.02. The van der Waals surface area contributed by atoms with Crippen molar-refractivity contribution < 1.29 is 0 Å². The van der Waals surface area contributed by atoms with Gasteiger partial charge in [-0.1, -0.05) is 0 Å². The van der Waals surface area contributed by atoms with Crippen molar-refractivity contribution in [3.8, 4) is 6.07 Å². The Bertz CT molecular complexity index is 234. The number of rotatable bonds is 0. The highest BCUT2D eigenvalue weighted by Crippen LogP contribution is 2.05. The molecule has 0 saturated carbocycles. The number of nitrogens with one attached hydrogen (secondary N) is 1. The second-order valence-electron chi connectivity index (χ2n) is 1.92.